The van der Waals surface area contributed by atoms with E-state index in [1.165, 1.54) is 2.88 Å². The van der Waals surface area contributed by atoms with Crippen LogP contribution >= 0.6 is 33.9 Å². The fraction of sp³-hybridized carbons (Fsp3) is 0.600. The number of ether oxygens (including phenoxy) is 1. The Hall–Kier alpha value is -0.250. The first-order valence-corrected chi connectivity index (χ1v) is 7.24. The normalized spacial score (nSPS) is 21.4. The van der Waals surface area contributed by atoms with E-state index in [4.69, 9.17) is 4.74 Å². The molecule has 1 amide bonds. The third-order valence-electron chi connectivity index (χ3n) is 2.57. The third kappa shape index (κ3) is 3.60. The van der Waals surface area contributed by atoms with Gasteiger partial charge in [-0.1, -0.05) is 0 Å². The summed E-state index contributed by atoms with van der Waals surface area (Å²) >= 11 is 3.95. The molecule has 1 aliphatic heterocycles. The molecule has 2 heterocycles. The largest absolute Gasteiger partial charge is 0.366 e. The Kier molecular flexibility index (Phi) is 4.71. The van der Waals surface area contributed by atoms with Crippen molar-refractivity contribution in [3.8, 4) is 0 Å². The van der Waals surface area contributed by atoms with Crippen LogP contribution in [0.5, 0.6) is 0 Å². The number of rotatable bonds is 3. The summed E-state index contributed by atoms with van der Waals surface area (Å²) in [6, 6.07) is 0. The fourth-order valence-corrected chi connectivity index (χ4v) is 3.30. The first-order valence-electron chi connectivity index (χ1n) is 5.35. The Morgan fingerprint density at radius 1 is 1.82 bits per heavy atom. The second-order valence-corrected chi connectivity index (χ2v) is 6.78. The zero-order chi connectivity index (χ0) is 12.3. The number of nitrogens with one attached hydrogen (secondary N) is 1. The first kappa shape index (κ1) is 13.2. The Labute approximate surface area is 118 Å². The lowest BCUT2D eigenvalue weighted by molar-refractivity contribution is -0.138. The van der Waals surface area contributed by atoms with Gasteiger partial charge in [-0.15, -0.1) is 11.3 Å². The van der Waals surface area contributed by atoms with Crippen molar-refractivity contribution in [1.29, 1.82) is 0 Å². The van der Waals surface area contributed by atoms with Gasteiger partial charge in [-0.2, -0.15) is 0 Å². The van der Waals surface area contributed by atoms with E-state index in [0.29, 0.717) is 13.2 Å². The number of hydrogen-bond donors (Lipinski definition) is 1. The highest BCUT2D eigenvalue weighted by Crippen LogP contribution is 2.17. The van der Waals surface area contributed by atoms with Gasteiger partial charge < -0.3 is 10.1 Å². The van der Waals surface area contributed by atoms with Crippen LogP contribution in [0.25, 0.3) is 0 Å². The lowest BCUT2D eigenvalue weighted by atomic mass is 10.2. The van der Waals surface area contributed by atoms with Crippen molar-refractivity contribution >= 4 is 39.8 Å². The Balaban J connectivity index is 1.91. The first-order chi connectivity index (χ1) is 8.19. The number of carbonyl (C=O) groups excluding carboxylic acids is 1. The Bertz CT molecular complexity index is 399. The second kappa shape index (κ2) is 6.07. The minimum atomic E-state index is -0.354. The van der Waals surface area contributed by atoms with Crippen molar-refractivity contribution in [2.75, 3.05) is 26.7 Å². The summed E-state index contributed by atoms with van der Waals surface area (Å²) in [5, 5.41) is 3.71. The molecule has 1 N–H and O–H groups in total. The van der Waals surface area contributed by atoms with Gasteiger partial charge in [-0.05, 0) is 22.6 Å². The van der Waals surface area contributed by atoms with Crippen molar-refractivity contribution in [2.24, 2.45) is 0 Å². The van der Waals surface area contributed by atoms with Crippen LogP contribution < -0.4 is 5.32 Å². The van der Waals surface area contributed by atoms with E-state index < -0.39 is 0 Å². The van der Waals surface area contributed by atoms with E-state index >= 15 is 0 Å². The highest BCUT2D eigenvalue weighted by Gasteiger charge is 2.26. The van der Waals surface area contributed by atoms with Crippen molar-refractivity contribution < 1.29 is 9.53 Å². The van der Waals surface area contributed by atoms with Gasteiger partial charge >= 0.3 is 0 Å². The van der Waals surface area contributed by atoms with Gasteiger partial charge in [0, 0.05) is 20.1 Å². The molecule has 1 aromatic rings. The van der Waals surface area contributed by atoms with Crippen LogP contribution in [0, 0.1) is 2.88 Å². The molecule has 94 valence electrons. The zero-order valence-corrected chi connectivity index (χ0v) is 12.5. The SMILES string of the molecule is CNC(=O)[C@@H]1CN(Cc2ncc(I)s2)CCO1. The van der Waals surface area contributed by atoms with Gasteiger partial charge in [-0.3, -0.25) is 9.69 Å². The van der Waals surface area contributed by atoms with Gasteiger partial charge in [0.05, 0.1) is 22.2 Å². The summed E-state index contributed by atoms with van der Waals surface area (Å²) < 4.78 is 6.62. The predicted octanol–water partition coefficient (Wildman–Crippen LogP) is 0.695. The minimum Gasteiger partial charge on any atom is -0.366 e. The summed E-state index contributed by atoms with van der Waals surface area (Å²) in [5.41, 5.74) is 0. The molecule has 0 unspecified atom stereocenters. The summed E-state index contributed by atoms with van der Waals surface area (Å²) in [6.07, 6.45) is 1.52. The summed E-state index contributed by atoms with van der Waals surface area (Å²) in [7, 11) is 1.63. The molecule has 1 aromatic heterocycles. The highest BCUT2D eigenvalue weighted by molar-refractivity contribution is 14.1. The molecule has 0 spiro atoms. The molecular formula is C10H14IN3O2S. The van der Waals surface area contributed by atoms with Crippen molar-refractivity contribution in [1.82, 2.24) is 15.2 Å². The minimum absolute atomic E-state index is 0.0524. The van der Waals surface area contributed by atoms with Crippen LogP contribution in [-0.2, 0) is 16.1 Å². The van der Waals surface area contributed by atoms with Crippen LogP contribution in [0.3, 0.4) is 0 Å². The number of likely N-dealkylation sites (N-methyl/N-ethyl adjacent to an activating group) is 1. The van der Waals surface area contributed by atoms with E-state index in [0.717, 1.165) is 18.1 Å². The smallest absolute Gasteiger partial charge is 0.250 e. The number of thiazole rings is 1. The van der Waals surface area contributed by atoms with Gasteiger partial charge in [0.1, 0.15) is 11.1 Å². The number of nitrogens with zero attached hydrogens (tertiary/aromatic N) is 2. The average Bonchev–Trinajstić information content (AvgIpc) is 2.74. The number of aromatic nitrogens is 1. The Morgan fingerprint density at radius 3 is 3.29 bits per heavy atom. The number of carbonyl (C=O) groups is 1. The average molecular weight is 367 g/mol. The lowest BCUT2D eigenvalue weighted by Crippen LogP contribution is -2.48. The van der Waals surface area contributed by atoms with Crippen LogP contribution in [0.15, 0.2) is 6.20 Å². The summed E-state index contributed by atoms with van der Waals surface area (Å²) in [5.74, 6) is -0.0524. The van der Waals surface area contributed by atoms with Crippen LogP contribution in [0.2, 0.25) is 0 Å². The predicted molar refractivity (Wildman–Crippen MR) is 73.9 cm³/mol. The maximum Gasteiger partial charge on any atom is 0.250 e. The number of amides is 1. The molecule has 5 nitrogen and oxygen atoms in total. The van der Waals surface area contributed by atoms with Crippen LogP contribution in [0.1, 0.15) is 5.01 Å². The summed E-state index contributed by atoms with van der Waals surface area (Å²) in [6.45, 7) is 2.88. The van der Waals surface area contributed by atoms with Gasteiger partial charge in [0.25, 0.3) is 0 Å². The molecule has 0 saturated carbocycles. The second-order valence-electron chi connectivity index (χ2n) is 3.77. The van der Waals surface area contributed by atoms with Crippen LogP contribution in [-0.4, -0.2) is 48.6 Å². The van der Waals surface area contributed by atoms with Gasteiger partial charge in [-0.25, -0.2) is 4.98 Å². The quantitative estimate of drug-likeness (QED) is 0.800. The number of morpholine rings is 1. The van der Waals surface area contributed by atoms with Crippen molar-refractivity contribution in [3.63, 3.8) is 0 Å². The Morgan fingerprint density at radius 2 is 2.65 bits per heavy atom. The standard InChI is InChI=1S/C10H14IN3O2S/c1-12-10(15)7-5-14(2-3-16-7)6-9-13-4-8(11)17-9/h4,7H,2-3,5-6H2,1H3,(H,12,15)/t7-/m0/s1. The number of hydrogen-bond acceptors (Lipinski definition) is 5. The topological polar surface area (TPSA) is 54.5 Å². The van der Waals surface area contributed by atoms with Crippen molar-refractivity contribution in [2.45, 2.75) is 12.6 Å². The molecule has 0 aliphatic carbocycles. The molecule has 0 bridgehead atoms. The molecule has 17 heavy (non-hydrogen) atoms. The maximum atomic E-state index is 11.5. The van der Waals surface area contributed by atoms with Crippen LogP contribution in [0.4, 0.5) is 0 Å². The molecule has 1 atom stereocenters. The van der Waals surface area contributed by atoms with Gasteiger partial charge in [0.2, 0.25) is 5.91 Å². The van der Waals surface area contributed by atoms with E-state index in [2.05, 4.69) is 37.8 Å². The number of halogens is 1. The van der Waals surface area contributed by atoms with E-state index in [-0.39, 0.29) is 12.0 Å². The molecule has 1 fully saturated rings. The lowest BCUT2D eigenvalue weighted by Gasteiger charge is -2.31. The fourth-order valence-electron chi connectivity index (χ4n) is 1.72. The molecule has 0 aromatic carbocycles. The molecule has 0 radical (unpaired) electrons. The van der Waals surface area contributed by atoms with E-state index in [1.54, 1.807) is 18.4 Å². The molecular weight excluding hydrogens is 353 g/mol. The molecule has 1 aliphatic rings. The molecule has 2 rings (SSSR count). The van der Waals surface area contributed by atoms with Gasteiger partial charge in [0.15, 0.2) is 0 Å². The van der Waals surface area contributed by atoms with Crippen molar-refractivity contribution in [3.05, 3.63) is 14.1 Å². The highest BCUT2D eigenvalue weighted by atomic mass is 127. The third-order valence-corrected chi connectivity index (χ3v) is 4.28. The zero-order valence-electron chi connectivity index (χ0n) is 9.48. The van der Waals surface area contributed by atoms with E-state index in [9.17, 15) is 4.79 Å². The maximum absolute atomic E-state index is 11.5. The molecule has 1 saturated heterocycles. The monoisotopic (exact) mass is 367 g/mol. The summed E-state index contributed by atoms with van der Waals surface area (Å²) in [4.78, 5) is 18.0. The van der Waals surface area contributed by atoms with E-state index in [1.807, 2.05) is 6.20 Å². The molecule has 7 heteroatoms.